The third kappa shape index (κ3) is 1.38. The van der Waals surface area contributed by atoms with Gasteiger partial charge in [0, 0.05) is 6.04 Å². The summed E-state index contributed by atoms with van der Waals surface area (Å²) in [6.45, 7) is 2.16. The van der Waals surface area contributed by atoms with E-state index in [1.165, 1.54) is 0 Å². The van der Waals surface area contributed by atoms with E-state index in [4.69, 9.17) is 4.74 Å². The van der Waals surface area contributed by atoms with Crippen molar-refractivity contribution in [1.82, 2.24) is 4.90 Å². The van der Waals surface area contributed by atoms with Gasteiger partial charge in [-0.2, -0.15) is 0 Å². The van der Waals surface area contributed by atoms with Crippen LogP contribution in [-0.4, -0.2) is 34.5 Å². The zero-order chi connectivity index (χ0) is 10.2. The first-order valence-electron chi connectivity index (χ1n) is 5.36. The van der Waals surface area contributed by atoms with E-state index in [0.717, 1.165) is 19.3 Å². The van der Waals surface area contributed by atoms with E-state index < -0.39 is 5.72 Å². The summed E-state index contributed by atoms with van der Waals surface area (Å²) in [6.07, 6.45) is 3.98. The fraction of sp³-hybridized carbons (Fsp3) is 0.900. The molecule has 0 aromatic heterocycles. The van der Waals surface area contributed by atoms with Gasteiger partial charge in [0.1, 0.15) is 5.72 Å². The summed E-state index contributed by atoms with van der Waals surface area (Å²) >= 11 is 0. The number of hydrogen-bond donors (Lipinski definition) is 1. The van der Waals surface area contributed by atoms with Crippen molar-refractivity contribution >= 4 is 6.09 Å². The second kappa shape index (κ2) is 3.42. The minimum absolute atomic E-state index is 0.202. The molecule has 2 bridgehead atoms. The van der Waals surface area contributed by atoms with Crippen molar-refractivity contribution < 1.29 is 14.6 Å². The van der Waals surface area contributed by atoms with Crippen LogP contribution in [0.15, 0.2) is 0 Å². The van der Waals surface area contributed by atoms with Gasteiger partial charge in [-0.05, 0) is 39.0 Å². The molecule has 80 valence electrons. The van der Waals surface area contributed by atoms with Gasteiger partial charge in [-0.15, -0.1) is 0 Å². The van der Waals surface area contributed by atoms with E-state index in [2.05, 4.69) is 0 Å². The fourth-order valence-corrected chi connectivity index (χ4v) is 2.64. The Kier molecular flexibility index (Phi) is 2.39. The number of fused-ring (bicyclic) bond motifs is 2. The van der Waals surface area contributed by atoms with E-state index in [9.17, 15) is 9.90 Å². The van der Waals surface area contributed by atoms with Crippen LogP contribution in [-0.2, 0) is 4.74 Å². The molecule has 0 aliphatic carbocycles. The molecule has 0 radical (unpaired) electrons. The Morgan fingerprint density at radius 1 is 1.57 bits per heavy atom. The molecule has 1 amide bonds. The molecule has 2 saturated heterocycles. The fourth-order valence-electron chi connectivity index (χ4n) is 2.64. The molecule has 2 aliphatic rings. The van der Waals surface area contributed by atoms with Gasteiger partial charge >= 0.3 is 6.09 Å². The van der Waals surface area contributed by atoms with Crippen LogP contribution < -0.4 is 0 Å². The summed E-state index contributed by atoms with van der Waals surface area (Å²) in [5, 5.41) is 10.2. The predicted molar refractivity (Wildman–Crippen MR) is 50.7 cm³/mol. The van der Waals surface area contributed by atoms with E-state index in [0.29, 0.717) is 19.4 Å². The highest BCUT2D eigenvalue weighted by Crippen LogP contribution is 2.42. The molecule has 1 N–H and O–H groups in total. The van der Waals surface area contributed by atoms with Gasteiger partial charge in [0.15, 0.2) is 0 Å². The largest absolute Gasteiger partial charge is 0.450 e. The first-order valence-corrected chi connectivity index (χ1v) is 5.36. The SMILES string of the molecule is CCOC(=O)N1C2CCCC1(O)CC2. The lowest BCUT2D eigenvalue weighted by Gasteiger charge is -2.39. The number of carbonyl (C=O) groups excluding carboxylic acids is 1. The molecule has 0 spiro atoms. The van der Waals surface area contributed by atoms with E-state index >= 15 is 0 Å². The molecule has 2 fully saturated rings. The second-order valence-electron chi connectivity index (χ2n) is 4.14. The minimum Gasteiger partial charge on any atom is -0.450 e. The molecule has 14 heavy (non-hydrogen) atoms. The summed E-state index contributed by atoms with van der Waals surface area (Å²) in [5.74, 6) is 0. The lowest BCUT2D eigenvalue weighted by atomic mass is 10.0. The summed E-state index contributed by atoms with van der Waals surface area (Å²) < 4.78 is 4.95. The van der Waals surface area contributed by atoms with Crippen molar-refractivity contribution in [2.45, 2.75) is 50.8 Å². The van der Waals surface area contributed by atoms with Crippen LogP contribution in [0.1, 0.15) is 39.0 Å². The highest BCUT2D eigenvalue weighted by molar-refractivity contribution is 5.69. The number of ether oxygens (including phenoxy) is 1. The van der Waals surface area contributed by atoms with Crippen molar-refractivity contribution in [3.05, 3.63) is 0 Å². The first-order chi connectivity index (χ1) is 6.67. The van der Waals surface area contributed by atoms with Gasteiger partial charge in [-0.3, -0.25) is 4.90 Å². The van der Waals surface area contributed by atoms with Gasteiger partial charge in [0.25, 0.3) is 0 Å². The number of aliphatic hydroxyl groups is 1. The average molecular weight is 199 g/mol. The van der Waals surface area contributed by atoms with Crippen molar-refractivity contribution in [3.8, 4) is 0 Å². The summed E-state index contributed by atoms with van der Waals surface area (Å²) in [7, 11) is 0. The molecule has 4 heteroatoms. The monoisotopic (exact) mass is 199 g/mol. The van der Waals surface area contributed by atoms with Gasteiger partial charge in [0.05, 0.1) is 6.61 Å². The molecule has 4 nitrogen and oxygen atoms in total. The molecule has 2 rings (SSSR count). The van der Waals surface area contributed by atoms with Crippen LogP contribution in [0.3, 0.4) is 0 Å². The number of nitrogens with zero attached hydrogens (tertiary/aromatic N) is 1. The second-order valence-corrected chi connectivity index (χ2v) is 4.14. The Hall–Kier alpha value is -0.770. The molecule has 0 aromatic carbocycles. The maximum atomic E-state index is 11.6. The highest BCUT2D eigenvalue weighted by atomic mass is 16.6. The van der Waals surface area contributed by atoms with E-state index in [1.807, 2.05) is 0 Å². The maximum Gasteiger partial charge on any atom is 0.412 e. The Balaban J connectivity index is 2.13. The summed E-state index contributed by atoms with van der Waals surface area (Å²) in [4.78, 5) is 13.2. The Bertz CT molecular complexity index is 240. The van der Waals surface area contributed by atoms with Gasteiger partial charge in [-0.1, -0.05) is 0 Å². The number of rotatable bonds is 1. The minimum atomic E-state index is -0.908. The number of carbonyl (C=O) groups is 1. The predicted octanol–water partition coefficient (Wildman–Crippen LogP) is 1.48. The average Bonchev–Trinajstić information content (AvgIpc) is 2.33. The molecule has 2 aliphatic heterocycles. The van der Waals surface area contributed by atoms with Crippen LogP contribution in [0, 0.1) is 0 Å². The Morgan fingerprint density at radius 3 is 3.00 bits per heavy atom. The van der Waals surface area contributed by atoms with Crippen LogP contribution in [0.2, 0.25) is 0 Å². The quantitative estimate of drug-likeness (QED) is 0.696. The number of amides is 1. The van der Waals surface area contributed by atoms with Gasteiger partial charge < -0.3 is 9.84 Å². The molecule has 0 aromatic rings. The maximum absolute atomic E-state index is 11.6. The Morgan fingerprint density at radius 2 is 2.36 bits per heavy atom. The lowest BCUT2D eigenvalue weighted by molar-refractivity contribution is -0.104. The van der Waals surface area contributed by atoms with Crippen LogP contribution >= 0.6 is 0 Å². The zero-order valence-corrected chi connectivity index (χ0v) is 8.53. The van der Waals surface area contributed by atoms with Crippen molar-refractivity contribution in [1.29, 1.82) is 0 Å². The standard InChI is InChI=1S/C10H17NO3/c1-2-14-9(12)11-8-4-3-6-10(11,13)7-5-8/h8,13H,2-7H2,1H3. The first kappa shape index (κ1) is 9.77. The molecular weight excluding hydrogens is 182 g/mol. The molecule has 2 atom stereocenters. The Labute approximate surface area is 83.8 Å². The molecule has 0 saturated carbocycles. The molecule has 2 unspecified atom stereocenters. The van der Waals surface area contributed by atoms with E-state index in [1.54, 1.807) is 11.8 Å². The third-order valence-corrected chi connectivity index (χ3v) is 3.27. The molecule has 2 heterocycles. The highest BCUT2D eigenvalue weighted by Gasteiger charge is 2.50. The summed E-state index contributed by atoms with van der Waals surface area (Å²) in [5.41, 5.74) is -0.908. The van der Waals surface area contributed by atoms with Crippen LogP contribution in [0.4, 0.5) is 4.79 Å². The van der Waals surface area contributed by atoms with Crippen molar-refractivity contribution in [2.24, 2.45) is 0 Å². The van der Waals surface area contributed by atoms with Crippen LogP contribution in [0.5, 0.6) is 0 Å². The van der Waals surface area contributed by atoms with E-state index in [-0.39, 0.29) is 12.1 Å². The zero-order valence-electron chi connectivity index (χ0n) is 8.53. The number of hydrogen-bond acceptors (Lipinski definition) is 3. The van der Waals surface area contributed by atoms with Crippen molar-refractivity contribution in [3.63, 3.8) is 0 Å². The summed E-state index contributed by atoms with van der Waals surface area (Å²) in [6, 6.07) is 0.202. The molecular formula is C10H17NO3. The number of piperidine rings is 1. The topological polar surface area (TPSA) is 49.8 Å². The smallest absolute Gasteiger partial charge is 0.412 e. The van der Waals surface area contributed by atoms with Gasteiger partial charge in [-0.25, -0.2) is 4.79 Å². The van der Waals surface area contributed by atoms with Crippen LogP contribution in [0.25, 0.3) is 0 Å². The third-order valence-electron chi connectivity index (χ3n) is 3.27. The lowest BCUT2D eigenvalue weighted by Crippen LogP contribution is -2.53. The normalized spacial score (nSPS) is 35.9. The van der Waals surface area contributed by atoms with Gasteiger partial charge in [0.2, 0.25) is 0 Å². The van der Waals surface area contributed by atoms with Crippen molar-refractivity contribution in [2.75, 3.05) is 6.61 Å².